The number of hydrogen-bond acceptors (Lipinski definition) is 1. The molecule has 0 spiro atoms. The van der Waals surface area contributed by atoms with Crippen molar-refractivity contribution in [2.24, 2.45) is 0 Å². The molecule has 1 aromatic carbocycles. The van der Waals surface area contributed by atoms with E-state index in [0.29, 0.717) is 9.50 Å². The Morgan fingerprint density at radius 1 is 1.38 bits per heavy atom. The third-order valence-corrected chi connectivity index (χ3v) is 3.75. The summed E-state index contributed by atoms with van der Waals surface area (Å²) in [5, 5.41) is 3.62. The van der Waals surface area contributed by atoms with Gasteiger partial charge < -0.3 is 0 Å². The molecule has 0 saturated carbocycles. The van der Waals surface area contributed by atoms with Crippen LogP contribution in [0, 0.1) is 13.8 Å². The Morgan fingerprint density at radius 2 is 2.06 bits per heavy atom. The third-order valence-electron chi connectivity index (χ3n) is 2.41. The number of aromatic amines is 1. The first-order valence-corrected chi connectivity index (χ1v) is 5.91. The van der Waals surface area contributed by atoms with Crippen molar-refractivity contribution in [3.05, 3.63) is 49.3 Å². The summed E-state index contributed by atoms with van der Waals surface area (Å²) in [5.74, 6) is 0. The van der Waals surface area contributed by atoms with Crippen molar-refractivity contribution in [2.75, 3.05) is 0 Å². The molecule has 84 valence electrons. The van der Waals surface area contributed by atoms with Gasteiger partial charge in [-0.2, -0.15) is 0 Å². The summed E-state index contributed by atoms with van der Waals surface area (Å²) in [6.07, 6.45) is 0. The molecule has 2 aromatic rings. The van der Waals surface area contributed by atoms with E-state index in [-0.39, 0.29) is 5.56 Å². The maximum absolute atomic E-state index is 11.8. The molecule has 0 amide bonds. The van der Waals surface area contributed by atoms with Crippen molar-refractivity contribution >= 4 is 27.5 Å². The number of benzene rings is 1. The molecule has 5 heteroatoms. The average molecular weight is 302 g/mol. The summed E-state index contributed by atoms with van der Waals surface area (Å²) < 4.78 is 2.01. The minimum Gasteiger partial charge on any atom is -0.294 e. The normalized spacial score (nSPS) is 10.8. The topological polar surface area (TPSA) is 37.8 Å². The highest BCUT2D eigenvalue weighted by Crippen LogP contribution is 2.19. The fourth-order valence-electron chi connectivity index (χ4n) is 1.43. The van der Waals surface area contributed by atoms with E-state index in [2.05, 4.69) is 21.0 Å². The Bertz CT molecular complexity index is 601. The monoisotopic (exact) mass is 300 g/mol. The van der Waals surface area contributed by atoms with Crippen LogP contribution in [0.4, 0.5) is 0 Å². The SMILES string of the molecule is Cc1ccc(-n2[nH]c(C)c(Br)c2=O)cc1Cl. The first-order chi connectivity index (χ1) is 7.50. The first-order valence-electron chi connectivity index (χ1n) is 4.74. The van der Waals surface area contributed by atoms with E-state index in [4.69, 9.17) is 11.6 Å². The molecule has 1 aromatic heterocycles. The van der Waals surface area contributed by atoms with Gasteiger partial charge in [0, 0.05) is 10.7 Å². The van der Waals surface area contributed by atoms with Crippen LogP contribution in [0.25, 0.3) is 5.69 Å². The molecule has 1 heterocycles. The molecule has 1 N–H and O–H groups in total. The van der Waals surface area contributed by atoms with Crippen LogP contribution in [-0.4, -0.2) is 9.78 Å². The molecule has 0 fully saturated rings. The van der Waals surface area contributed by atoms with E-state index in [1.807, 2.05) is 26.0 Å². The Labute approximate surface area is 106 Å². The molecule has 16 heavy (non-hydrogen) atoms. The molecule has 0 aliphatic carbocycles. The van der Waals surface area contributed by atoms with Crippen molar-refractivity contribution < 1.29 is 0 Å². The van der Waals surface area contributed by atoms with Gasteiger partial charge in [-0.15, -0.1) is 0 Å². The minimum absolute atomic E-state index is 0.114. The second-order valence-corrected chi connectivity index (χ2v) is 4.83. The highest BCUT2D eigenvalue weighted by molar-refractivity contribution is 9.10. The van der Waals surface area contributed by atoms with Gasteiger partial charge in [-0.1, -0.05) is 17.7 Å². The summed E-state index contributed by atoms with van der Waals surface area (Å²) >= 11 is 9.25. The molecule has 0 aliphatic rings. The molecule has 0 radical (unpaired) electrons. The standard InChI is InChI=1S/C11H10BrClN2O/c1-6-3-4-8(5-9(6)13)15-11(16)10(12)7(2)14-15/h3-5,14H,1-2H3. The second-order valence-electron chi connectivity index (χ2n) is 3.62. The maximum Gasteiger partial charge on any atom is 0.285 e. The van der Waals surface area contributed by atoms with E-state index >= 15 is 0 Å². The van der Waals surface area contributed by atoms with E-state index in [0.717, 1.165) is 16.9 Å². The number of H-pyrrole nitrogens is 1. The van der Waals surface area contributed by atoms with E-state index in [9.17, 15) is 4.79 Å². The van der Waals surface area contributed by atoms with Crippen LogP contribution in [0.5, 0.6) is 0 Å². The first kappa shape index (κ1) is 11.5. The van der Waals surface area contributed by atoms with Crippen LogP contribution in [0.3, 0.4) is 0 Å². The van der Waals surface area contributed by atoms with Gasteiger partial charge in [0.2, 0.25) is 0 Å². The number of rotatable bonds is 1. The summed E-state index contributed by atoms with van der Waals surface area (Å²) in [4.78, 5) is 11.8. The molecule has 2 rings (SSSR count). The van der Waals surface area contributed by atoms with Gasteiger partial charge in [-0.3, -0.25) is 9.89 Å². The van der Waals surface area contributed by atoms with Crippen molar-refractivity contribution in [3.63, 3.8) is 0 Å². The highest BCUT2D eigenvalue weighted by atomic mass is 79.9. The van der Waals surface area contributed by atoms with Gasteiger partial charge in [0.1, 0.15) is 4.47 Å². The van der Waals surface area contributed by atoms with Crippen LogP contribution in [-0.2, 0) is 0 Å². The smallest absolute Gasteiger partial charge is 0.285 e. The average Bonchev–Trinajstić information content (AvgIpc) is 2.50. The summed E-state index contributed by atoms with van der Waals surface area (Å²) in [6.45, 7) is 3.75. The van der Waals surface area contributed by atoms with Gasteiger partial charge in [0.25, 0.3) is 5.56 Å². The van der Waals surface area contributed by atoms with E-state index in [1.54, 1.807) is 6.07 Å². The molecule has 3 nitrogen and oxygen atoms in total. The lowest BCUT2D eigenvalue weighted by Crippen LogP contribution is -2.14. The number of aromatic nitrogens is 2. The predicted molar refractivity (Wildman–Crippen MR) is 68.6 cm³/mol. The Morgan fingerprint density at radius 3 is 2.56 bits per heavy atom. The Balaban J connectivity index is 2.63. The number of nitrogens with one attached hydrogen (secondary N) is 1. The fraction of sp³-hybridized carbons (Fsp3) is 0.182. The quantitative estimate of drug-likeness (QED) is 0.863. The second kappa shape index (κ2) is 4.11. The lowest BCUT2D eigenvalue weighted by Gasteiger charge is -2.03. The zero-order valence-corrected chi connectivity index (χ0v) is 11.2. The minimum atomic E-state index is -0.114. The van der Waals surface area contributed by atoms with Crippen molar-refractivity contribution in [2.45, 2.75) is 13.8 Å². The Hall–Kier alpha value is -1.000. The maximum atomic E-state index is 11.8. The van der Waals surface area contributed by atoms with Crippen LogP contribution in [0.2, 0.25) is 5.02 Å². The zero-order valence-electron chi connectivity index (χ0n) is 8.84. The zero-order chi connectivity index (χ0) is 11.9. The van der Waals surface area contributed by atoms with Gasteiger partial charge >= 0.3 is 0 Å². The lowest BCUT2D eigenvalue weighted by atomic mass is 10.2. The highest BCUT2D eigenvalue weighted by Gasteiger charge is 2.09. The van der Waals surface area contributed by atoms with Gasteiger partial charge in [0.05, 0.1) is 5.69 Å². The van der Waals surface area contributed by atoms with Crippen LogP contribution >= 0.6 is 27.5 Å². The largest absolute Gasteiger partial charge is 0.294 e. The lowest BCUT2D eigenvalue weighted by molar-refractivity contribution is 0.835. The number of halogens is 2. The number of hydrogen-bond donors (Lipinski definition) is 1. The van der Waals surface area contributed by atoms with Crippen LogP contribution in [0.1, 0.15) is 11.3 Å². The summed E-state index contributed by atoms with van der Waals surface area (Å²) in [7, 11) is 0. The van der Waals surface area contributed by atoms with Crippen LogP contribution < -0.4 is 5.56 Å². The van der Waals surface area contributed by atoms with Crippen molar-refractivity contribution in [1.29, 1.82) is 0 Å². The molecule has 0 atom stereocenters. The van der Waals surface area contributed by atoms with Crippen molar-refractivity contribution in [3.8, 4) is 5.69 Å². The van der Waals surface area contributed by atoms with Crippen LogP contribution in [0.15, 0.2) is 27.5 Å². The van der Waals surface area contributed by atoms with E-state index < -0.39 is 0 Å². The number of aryl methyl sites for hydroxylation is 2. The van der Waals surface area contributed by atoms with Gasteiger partial charge in [-0.05, 0) is 47.5 Å². The van der Waals surface area contributed by atoms with Crippen molar-refractivity contribution in [1.82, 2.24) is 9.78 Å². The predicted octanol–water partition coefficient (Wildman–Crippen LogP) is 3.20. The fourth-order valence-corrected chi connectivity index (χ4v) is 1.87. The molecule has 0 bridgehead atoms. The van der Waals surface area contributed by atoms with E-state index in [1.165, 1.54) is 4.68 Å². The summed E-state index contributed by atoms with van der Waals surface area (Å²) in [6, 6.07) is 5.50. The van der Waals surface area contributed by atoms with Gasteiger partial charge in [-0.25, -0.2) is 4.68 Å². The molecule has 0 unspecified atom stereocenters. The Kier molecular flexibility index (Phi) is 2.95. The number of nitrogens with zero attached hydrogens (tertiary/aromatic N) is 1. The molecular formula is C11H10BrClN2O. The molecule has 0 aliphatic heterocycles. The molecular weight excluding hydrogens is 291 g/mol. The molecule has 0 saturated heterocycles. The summed E-state index contributed by atoms with van der Waals surface area (Å²) in [5.41, 5.74) is 2.40. The third kappa shape index (κ3) is 1.83. The van der Waals surface area contributed by atoms with Gasteiger partial charge in [0.15, 0.2) is 0 Å².